The summed E-state index contributed by atoms with van der Waals surface area (Å²) in [6.07, 6.45) is 0. The first-order valence-corrected chi connectivity index (χ1v) is 5.25. The highest BCUT2D eigenvalue weighted by Crippen LogP contribution is 2.20. The van der Waals surface area contributed by atoms with Crippen LogP contribution in [0.25, 0.3) is 11.4 Å². The van der Waals surface area contributed by atoms with Crippen LogP contribution in [0, 0.1) is 0 Å². The van der Waals surface area contributed by atoms with Gasteiger partial charge < -0.3 is 5.73 Å². The molecule has 0 aromatic carbocycles. The molecule has 2 aromatic rings. The van der Waals surface area contributed by atoms with Crippen molar-refractivity contribution in [2.75, 3.05) is 0 Å². The molecule has 2 aromatic heterocycles. The maximum atomic E-state index is 5.45. The number of hydrogen-bond donors (Lipinski definition) is 1. The maximum absolute atomic E-state index is 5.45. The Morgan fingerprint density at radius 2 is 2.00 bits per heavy atom. The predicted octanol–water partition coefficient (Wildman–Crippen LogP) is 2.57. The molecule has 0 unspecified atom stereocenters. The van der Waals surface area contributed by atoms with Crippen LogP contribution >= 0.6 is 47.5 Å². The lowest BCUT2D eigenvalue weighted by atomic mass is 10.4. The maximum Gasteiger partial charge on any atom is 0.107 e. The summed E-state index contributed by atoms with van der Waals surface area (Å²) >= 11 is 3.15. The van der Waals surface area contributed by atoms with Gasteiger partial charge in [-0.15, -0.1) is 47.5 Å². The van der Waals surface area contributed by atoms with Crippen molar-refractivity contribution in [2.45, 2.75) is 6.54 Å². The van der Waals surface area contributed by atoms with E-state index in [1.807, 2.05) is 10.8 Å². The molecule has 3 nitrogen and oxygen atoms in total. The van der Waals surface area contributed by atoms with Crippen LogP contribution in [0.3, 0.4) is 0 Å². The Balaban J connectivity index is 0.000000845. The lowest BCUT2D eigenvalue weighted by Crippen LogP contribution is -1.94. The van der Waals surface area contributed by atoms with Gasteiger partial charge in [-0.3, -0.25) is 0 Å². The fraction of sp³-hybridized carbons (Fsp3) is 0.143. The van der Waals surface area contributed by atoms with Gasteiger partial charge in [-0.2, -0.15) is 0 Å². The molecular formula is C7H9Cl2N3S2. The molecule has 2 heterocycles. The molecule has 0 aliphatic carbocycles. The SMILES string of the molecule is Cl.Cl.NCc1nc(-c2cscn2)cs1. The monoisotopic (exact) mass is 269 g/mol. The third-order valence-electron chi connectivity index (χ3n) is 1.42. The number of nitrogens with two attached hydrogens (primary N) is 1. The Kier molecular flexibility index (Phi) is 6.22. The largest absolute Gasteiger partial charge is 0.325 e. The fourth-order valence-corrected chi connectivity index (χ4v) is 2.08. The summed E-state index contributed by atoms with van der Waals surface area (Å²) in [7, 11) is 0. The molecule has 0 aliphatic heterocycles. The average Bonchev–Trinajstić information content (AvgIpc) is 2.75. The Hall–Kier alpha value is -0.200. The third-order valence-corrected chi connectivity index (χ3v) is 2.88. The van der Waals surface area contributed by atoms with Crippen LogP contribution in [0.2, 0.25) is 0 Å². The van der Waals surface area contributed by atoms with Gasteiger partial charge in [-0.05, 0) is 0 Å². The first-order chi connectivity index (χ1) is 5.90. The van der Waals surface area contributed by atoms with Crippen molar-refractivity contribution in [1.29, 1.82) is 0 Å². The van der Waals surface area contributed by atoms with Crippen LogP contribution in [0.4, 0.5) is 0 Å². The van der Waals surface area contributed by atoms with E-state index in [9.17, 15) is 0 Å². The van der Waals surface area contributed by atoms with Crippen LogP contribution in [0.1, 0.15) is 5.01 Å². The van der Waals surface area contributed by atoms with E-state index < -0.39 is 0 Å². The summed E-state index contributed by atoms with van der Waals surface area (Å²) in [5.41, 5.74) is 9.12. The van der Waals surface area contributed by atoms with Crippen molar-refractivity contribution in [3.8, 4) is 11.4 Å². The molecule has 78 valence electrons. The molecule has 0 saturated carbocycles. The molecule has 0 aliphatic rings. The normalized spacial score (nSPS) is 8.93. The number of halogens is 2. The van der Waals surface area contributed by atoms with E-state index in [-0.39, 0.29) is 24.8 Å². The van der Waals surface area contributed by atoms with Gasteiger partial charge in [0.05, 0.1) is 5.51 Å². The van der Waals surface area contributed by atoms with Gasteiger partial charge in [0, 0.05) is 17.3 Å². The number of thiazole rings is 2. The highest BCUT2D eigenvalue weighted by Gasteiger charge is 2.03. The lowest BCUT2D eigenvalue weighted by Gasteiger charge is -1.86. The van der Waals surface area contributed by atoms with Gasteiger partial charge in [0.25, 0.3) is 0 Å². The van der Waals surface area contributed by atoms with Gasteiger partial charge in [-0.25, -0.2) is 9.97 Å². The Labute approximate surface area is 102 Å². The molecule has 0 atom stereocenters. The second kappa shape index (κ2) is 6.31. The minimum absolute atomic E-state index is 0. The van der Waals surface area contributed by atoms with Crippen LogP contribution in [-0.2, 0) is 6.54 Å². The van der Waals surface area contributed by atoms with Gasteiger partial charge in [0.15, 0.2) is 0 Å². The van der Waals surface area contributed by atoms with E-state index in [0.717, 1.165) is 16.4 Å². The van der Waals surface area contributed by atoms with Crippen LogP contribution in [0.15, 0.2) is 16.3 Å². The smallest absolute Gasteiger partial charge is 0.107 e. The highest BCUT2D eigenvalue weighted by molar-refractivity contribution is 7.10. The molecule has 0 radical (unpaired) electrons. The molecule has 0 spiro atoms. The summed E-state index contributed by atoms with van der Waals surface area (Å²) in [4.78, 5) is 8.46. The molecule has 0 fully saturated rings. The van der Waals surface area contributed by atoms with E-state index in [1.165, 1.54) is 0 Å². The highest BCUT2D eigenvalue weighted by atomic mass is 35.5. The first kappa shape index (κ1) is 13.8. The van der Waals surface area contributed by atoms with Gasteiger partial charge >= 0.3 is 0 Å². The van der Waals surface area contributed by atoms with E-state index >= 15 is 0 Å². The van der Waals surface area contributed by atoms with E-state index in [0.29, 0.717) is 6.54 Å². The zero-order valence-electron chi connectivity index (χ0n) is 7.04. The number of aromatic nitrogens is 2. The van der Waals surface area contributed by atoms with Gasteiger partial charge in [0.1, 0.15) is 16.4 Å². The average molecular weight is 270 g/mol. The van der Waals surface area contributed by atoms with E-state index in [2.05, 4.69) is 9.97 Å². The summed E-state index contributed by atoms with van der Waals surface area (Å²) in [5.74, 6) is 0. The number of hydrogen-bond acceptors (Lipinski definition) is 5. The van der Waals surface area contributed by atoms with E-state index in [4.69, 9.17) is 5.73 Å². The zero-order chi connectivity index (χ0) is 8.39. The first-order valence-electron chi connectivity index (χ1n) is 3.43. The van der Waals surface area contributed by atoms with Gasteiger partial charge in [-0.1, -0.05) is 0 Å². The van der Waals surface area contributed by atoms with Crippen LogP contribution in [-0.4, -0.2) is 9.97 Å². The number of rotatable bonds is 2. The summed E-state index contributed by atoms with van der Waals surface area (Å²) in [5, 5.41) is 4.92. The van der Waals surface area contributed by atoms with Crippen LogP contribution < -0.4 is 5.73 Å². The molecule has 2 rings (SSSR count). The second-order valence-corrected chi connectivity index (χ2v) is 3.87. The van der Waals surface area contributed by atoms with E-state index in [1.54, 1.807) is 28.2 Å². The Bertz CT molecular complexity index is 361. The van der Waals surface area contributed by atoms with Crippen molar-refractivity contribution in [3.63, 3.8) is 0 Å². The Morgan fingerprint density at radius 3 is 2.50 bits per heavy atom. The summed E-state index contributed by atoms with van der Waals surface area (Å²) in [6.45, 7) is 0.509. The number of nitrogens with zero attached hydrogens (tertiary/aromatic N) is 2. The molecular weight excluding hydrogens is 261 g/mol. The third kappa shape index (κ3) is 2.90. The summed E-state index contributed by atoms with van der Waals surface area (Å²) in [6, 6.07) is 0. The second-order valence-electron chi connectivity index (χ2n) is 2.20. The predicted molar refractivity (Wildman–Crippen MR) is 65.6 cm³/mol. The molecule has 2 N–H and O–H groups in total. The minimum Gasteiger partial charge on any atom is -0.325 e. The van der Waals surface area contributed by atoms with Gasteiger partial charge in [0.2, 0.25) is 0 Å². The Morgan fingerprint density at radius 1 is 1.21 bits per heavy atom. The molecule has 0 saturated heterocycles. The molecule has 14 heavy (non-hydrogen) atoms. The minimum atomic E-state index is 0. The van der Waals surface area contributed by atoms with Crippen LogP contribution in [0.5, 0.6) is 0 Å². The quantitative estimate of drug-likeness (QED) is 0.912. The summed E-state index contributed by atoms with van der Waals surface area (Å²) < 4.78 is 0. The fourth-order valence-electron chi connectivity index (χ4n) is 0.861. The standard InChI is InChI=1S/C7H7N3S2.2ClH/c8-1-7-10-6(3-12-7)5-2-11-4-9-5;;/h2-4H,1,8H2;2*1H. The lowest BCUT2D eigenvalue weighted by molar-refractivity contribution is 1.04. The topological polar surface area (TPSA) is 51.8 Å². The molecule has 0 amide bonds. The van der Waals surface area contributed by atoms with Crippen molar-refractivity contribution < 1.29 is 0 Å². The van der Waals surface area contributed by atoms with Crippen molar-refractivity contribution in [1.82, 2.24) is 9.97 Å². The van der Waals surface area contributed by atoms with Crippen molar-refractivity contribution >= 4 is 47.5 Å². The molecule has 7 heteroatoms. The molecule has 0 bridgehead atoms. The van der Waals surface area contributed by atoms with Crippen molar-refractivity contribution in [2.24, 2.45) is 5.73 Å². The zero-order valence-corrected chi connectivity index (χ0v) is 10.3. The van der Waals surface area contributed by atoms with Crippen molar-refractivity contribution in [3.05, 3.63) is 21.3 Å².